The smallest absolute Gasteiger partial charge is 0.0725 e. The molecule has 0 radical (unpaired) electrons. The minimum Gasteiger partial charge on any atom is -0.372 e. The Morgan fingerprint density at radius 3 is 2.74 bits per heavy atom. The van der Waals surface area contributed by atoms with Crippen molar-refractivity contribution >= 4 is 27.5 Å². The second kappa shape index (κ2) is 5.25. The Morgan fingerprint density at radius 1 is 1.11 bits per heavy atom. The van der Waals surface area contributed by atoms with E-state index in [2.05, 4.69) is 34.1 Å². The zero-order chi connectivity index (χ0) is 13.4. The zero-order valence-corrected chi connectivity index (χ0v) is 12.5. The lowest BCUT2D eigenvalue weighted by molar-refractivity contribution is 0.134. The molecule has 0 saturated carbocycles. The van der Waals surface area contributed by atoms with E-state index in [-0.39, 0.29) is 6.04 Å². The topological polar surface area (TPSA) is 35.2 Å². The van der Waals surface area contributed by atoms with Crippen molar-refractivity contribution in [2.75, 3.05) is 0 Å². The predicted molar refractivity (Wildman–Crippen MR) is 80.1 cm³/mol. The van der Waals surface area contributed by atoms with Gasteiger partial charge in [0.15, 0.2) is 0 Å². The molecule has 2 nitrogen and oxygen atoms in total. The van der Waals surface area contributed by atoms with E-state index in [0.717, 1.165) is 15.6 Å². The van der Waals surface area contributed by atoms with Crippen LogP contribution in [0.5, 0.6) is 0 Å². The molecule has 0 saturated heterocycles. The van der Waals surface area contributed by atoms with Crippen molar-refractivity contribution in [1.82, 2.24) is 0 Å². The van der Waals surface area contributed by atoms with Gasteiger partial charge in [-0.2, -0.15) is 0 Å². The van der Waals surface area contributed by atoms with Crippen LogP contribution in [-0.4, -0.2) is 0 Å². The summed E-state index contributed by atoms with van der Waals surface area (Å²) in [5.41, 5.74) is 10.9. The molecule has 19 heavy (non-hydrogen) atoms. The summed E-state index contributed by atoms with van der Waals surface area (Å²) in [7, 11) is 0. The summed E-state index contributed by atoms with van der Waals surface area (Å²) in [6.07, 6.45) is 0. The lowest BCUT2D eigenvalue weighted by Crippen LogP contribution is -2.13. The molecule has 4 heteroatoms. The number of hydrogen-bond acceptors (Lipinski definition) is 2. The molecule has 3 rings (SSSR count). The third kappa shape index (κ3) is 2.56. The standard InChI is InChI=1S/C15H13BrClNO/c16-14-4-3-12(17)6-13(14)15(18)9-1-2-10-7-19-8-11(10)5-9/h1-6,15H,7-8,18H2. The normalized spacial score (nSPS) is 15.3. The summed E-state index contributed by atoms with van der Waals surface area (Å²) in [4.78, 5) is 0. The second-order valence-electron chi connectivity index (χ2n) is 4.66. The molecule has 1 aliphatic rings. The molecule has 1 aliphatic heterocycles. The lowest BCUT2D eigenvalue weighted by Gasteiger charge is -2.15. The van der Waals surface area contributed by atoms with Gasteiger partial charge in [0.2, 0.25) is 0 Å². The largest absolute Gasteiger partial charge is 0.372 e. The molecule has 1 unspecified atom stereocenters. The molecule has 2 N–H and O–H groups in total. The molecule has 2 aromatic rings. The first kappa shape index (κ1) is 13.1. The predicted octanol–water partition coefficient (Wildman–Crippen LogP) is 4.18. The van der Waals surface area contributed by atoms with E-state index >= 15 is 0 Å². The third-order valence-corrected chi connectivity index (χ3v) is 4.35. The van der Waals surface area contributed by atoms with Crippen LogP contribution in [-0.2, 0) is 18.0 Å². The van der Waals surface area contributed by atoms with Crippen LogP contribution in [0.25, 0.3) is 0 Å². The monoisotopic (exact) mass is 337 g/mol. The van der Waals surface area contributed by atoms with Crippen molar-refractivity contribution in [2.45, 2.75) is 19.3 Å². The SMILES string of the molecule is NC(c1ccc2c(c1)COC2)c1cc(Cl)ccc1Br. The average Bonchev–Trinajstić information content (AvgIpc) is 2.88. The Hall–Kier alpha value is -0.870. The van der Waals surface area contributed by atoms with E-state index in [1.54, 1.807) is 0 Å². The van der Waals surface area contributed by atoms with Crippen LogP contribution in [0.2, 0.25) is 5.02 Å². The quantitative estimate of drug-likeness (QED) is 0.891. The van der Waals surface area contributed by atoms with Crippen molar-refractivity contribution in [3.05, 3.63) is 68.1 Å². The van der Waals surface area contributed by atoms with Gasteiger partial charge in [-0.15, -0.1) is 0 Å². The number of benzene rings is 2. The van der Waals surface area contributed by atoms with Crippen LogP contribution in [0.3, 0.4) is 0 Å². The Bertz CT molecular complexity index is 630. The minimum absolute atomic E-state index is 0.195. The lowest BCUT2D eigenvalue weighted by atomic mass is 9.96. The third-order valence-electron chi connectivity index (χ3n) is 3.40. The summed E-state index contributed by atoms with van der Waals surface area (Å²) in [5, 5.41) is 0.693. The fraction of sp³-hybridized carbons (Fsp3) is 0.200. The molecule has 98 valence electrons. The van der Waals surface area contributed by atoms with Crippen LogP contribution >= 0.6 is 27.5 Å². The number of ether oxygens (including phenoxy) is 1. The first-order chi connectivity index (χ1) is 9.15. The minimum atomic E-state index is -0.195. The van der Waals surface area contributed by atoms with Crippen molar-refractivity contribution in [1.29, 1.82) is 0 Å². The highest BCUT2D eigenvalue weighted by atomic mass is 79.9. The fourth-order valence-corrected chi connectivity index (χ4v) is 2.99. The molecule has 0 amide bonds. The van der Waals surface area contributed by atoms with Gasteiger partial charge in [0, 0.05) is 9.50 Å². The van der Waals surface area contributed by atoms with Gasteiger partial charge in [0.25, 0.3) is 0 Å². The maximum atomic E-state index is 6.35. The van der Waals surface area contributed by atoms with Crippen LogP contribution in [0.4, 0.5) is 0 Å². The number of halogens is 2. The van der Waals surface area contributed by atoms with Gasteiger partial charge >= 0.3 is 0 Å². The maximum absolute atomic E-state index is 6.35. The van der Waals surface area contributed by atoms with Crippen molar-refractivity contribution in [3.63, 3.8) is 0 Å². The number of nitrogens with two attached hydrogens (primary N) is 1. The van der Waals surface area contributed by atoms with Crippen LogP contribution in [0, 0.1) is 0 Å². The molecule has 0 aliphatic carbocycles. The van der Waals surface area contributed by atoms with E-state index in [1.165, 1.54) is 11.1 Å². The maximum Gasteiger partial charge on any atom is 0.0725 e. The van der Waals surface area contributed by atoms with Crippen LogP contribution < -0.4 is 5.73 Å². The van der Waals surface area contributed by atoms with Crippen LogP contribution in [0.1, 0.15) is 28.3 Å². The molecular formula is C15H13BrClNO. The molecule has 0 spiro atoms. The van der Waals surface area contributed by atoms with Gasteiger partial charge in [0.05, 0.1) is 19.3 Å². The molecule has 2 aromatic carbocycles. The van der Waals surface area contributed by atoms with Crippen LogP contribution in [0.15, 0.2) is 40.9 Å². The highest BCUT2D eigenvalue weighted by Gasteiger charge is 2.17. The van der Waals surface area contributed by atoms with Gasteiger partial charge in [-0.25, -0.2) is 0 Å². The Balaban J connectivity index is 1.99. The highest BCUT2D eigenvalue weighted by molar-refractivity contribution is 9.10. The summed E-state index contributed by atoms with van der Waals surface area (Å²) >= 11 is 9.57. The fourth-order valence-electron chi connectivity index (χ4n) is 2.32. The van der Waals surface area contributed by atoms with E-state index in [4.69, 9.17) is 22.1 Å². The second-order valence-corrected chi connectivity index (χ2v) is 5.96. The molecule has 1 atom stereocenters. The Morgan fingerprint density at radius 2 is 1.89 bits per heavy atom. The molecule has 1 heterocycles. The highest BCUT2D eigenvalue weighted by Crippen LogP contribution is 2.31. The summed E-state index contributed by atoms with van der Waals surface area (Å²) in [6, 6.07) is 11.8. The number of rotatable bonds is 2. The first-order valence-corrected chi connectivity index (χ1v) is 7.22. The van der Waals surface area contributed by atoms with E-state index < -0.39 is 0 Å². The van der Waals surface area contributed by atoms with Gasteiger partial charge < -0.3 is 10.5 Å². The summed E-state index contributed by atoms with van der Waals surface area (Å²) in [6.45, 7) is 1.37. The van der Waals surface area contributed by atoms with Crippen molar-refractivity contribution in [2.24, 2.45) is 5.73 Å². The van der Waals surface area contributed by atoms with Gasteiger partial charge in [-0.1, -0.05) is 45.7 Å². The first-order valence-electron chi connectivity index (χ1n) is 6.05. The molecular weight excluding hydrogens is 326 g/mol. The van der Waals surface area contributed by atoms with E-state index in [1.807, 2.05) is 18.2 Å². The van der Waals surface area contributed by atoms with Gasteiger partial charge in [-0.3, -0.25) is 0 Å². The Kier molecular flexibility index (Phi) is 3.63. The Labute approximate surface area is 125 Å². The van der Waals surface area contributed by atoms with Gasteiger partial charge in [0.1, 0.15) is 0 Å². The van der Waals surface area contributed by atoms with E-state index in [9.17, 15) is 0 Å². The van der Waals surface area contributed by atoms with Crippen molar-refractivity contribution < 1.29 is 4.74 Å². The molecule has 0 aromatic heterocycles. The number of hydrogen-bond donors (Lipinski definition) is 1. The number of fused-ring (bicyclic) bond motifs is 1. The molecule has 0 fully saturated rings. The van der Waals surface area contributed by atoms with E-state index in [0.29, 0.717) is 18.2 Å². The van der Waals surface area contributed by atoms with Gasteiger partial charge in [-0.05, 0) is 40.5 Å². The summed E-state index contributed by atoms with van der Waals surface area (Å²) in [5.74, 6) is 0. The average molecular weight is 339 g/mol. The summed E-state index contributed by atoms with van der Waals surface area (Å²) < 4.78 is 6.40. The molecule has 0 bridgehead atoms. The van der Waals surface area contributed by atoms with Crippen molar-refractivity contribution in [3.8, 4) is 0 Å². The zero-order valence-electron chi connectivity index (χ0n) is 10.2.